The molecule has 1 aliphatic heterocycles. The quantitative estimate of drug-likeness (QED) is 0.552. The largest absolute Gasteiger partial charge is 0.408 e. The number of rotatable bonds is 5. The molecule has 0 spiro atoms. The first-order valence-corrected chi connectivity index (χ1v) is 10.7. The van der Waals surface area contributed by atoms with Gasteiger partial charge >= 0.3 is 0 Å². The van der Waals surface area contributed by atoms with Gasteiger partial charge < -0.3 is 9.26 Å². The van der Waals surface area contributed by atoms with Crippen LogP contribution in [0.15, 0.2) is 17.8 Å². The summed E-state index contributed by atoms with van der Waals surface area (Å²) in [6.45, 7) is 15.3. The molecule has 0 radical (unpaired) electrons. The van der Waals surface area contributed by atoms with Crippen LogP contribution >= 0.6 is 0 Å². The fourth-order valence-electron chi connectivity index (χ4n) is 2.80. The molecule has 2 rings (SSSR count). The standard InChI is InChI=1S/C16H29NO2Si/c1-7-9-14(19-20(5,6)16(2,3)4)15-12-10-8-11-13(12)18-17-15/h7,12-14H,1,8-11H2,2-6H3/t12-,13+,14+/m1/s1. The van der Waals surface area contributed by atoms with Crippen molar-refractivity contribution in [1.29, 1.82) is 0 Å². The van der Waals surface area contributed by atoms with Gasteiger partial charge in [0.1, 0.15) is 6.10 Å². The fraction of sp³-hybridized carbons (Fsp3) is 0.812. The van der Waals surface area contributed by atoms with Gasteiger partial charge in [-0.3, -0.25) is 0 Å². The lowest BCUT2D eigenvalue weighted by Crippen LogP contribution is -2.46. The molecule has 0 aromatic heterocycles. The van der Waals surface area contributed by atoms with E-state index < -0.39 is 8.32 Å². The van der Waals surface area contributed by atoms with Crippen LogP contribution in [0.1, 0.15) is 46.5 Å². The van der Waals surface area contributed by atoms with Crippen LogP contribution in [-0.2, 0) is 9.26 Å². The summed E-state index contributed by atoms with van der Waals surface area (Å²) in [7, 11) is -1.80. The minimum absolute atomic E-state index is 0.0569. The molecule has 0 aromatic rings. The second-order valence-corrected chi connectivity index (χ2v) is 12.3. The lowest BCUT2D eigenvalue weighted by molar-refractivity contribution is 0.0746. The minimum atomic E-state index is -1.80. The van der Waals surface area contributed by atoms with E-state index in [4.69, 9.17) is 9.26 Å². The smallest absolute Gasteiger partial charge is 0.192 e. The summed E-state index contributed by atoms with van der Waals surface area (Å²) >= 11 is 0. The topological polar surface area (TPSA) is 30.8 Å². The highest BCUT2D eigenvalue weighted by molar-refractivity contribution is 6.74. The van der Waals surface area contributed by atoms with Gasteiger partial charge in [0.05, 0.1) is 11.8 Å². The number of nitrogens with zero attached hydrogens (tertiary/aromatic N) is 1. The van der Waals surface area contributed by atoms with E-state index in [1.807, 2.05) is 6.08 Å². The van der Waals surface area contributed by atoms with Crippen molar-refractivity contribution in [3.8, 4) is 0 Å². The van der Waals surface area contributed by atoms with Gasteiger partial charge in [0.2, 0.25) is 0 Å². The van der Waals surface area contributed by atoms with Gasteiger partial charge in [-0.2, -0.15) is 0 Å². The second kappa shape index (κ2) is 5.64. The Morgan fingerprint density at radius 2 is 2.15 bits per heavy atom. The Labute approximate surface area is 124 Å². The number of hydrogen-bond donors (Lipinski definition) is 0. The van der Waals surface area contributed by atoms with Gasteiger partial charge in [-0.15, -0.1) is 6.58 Å². The van der Waals surface area contributed by atoms with E-state index in [0.29, 0.717) is 12.0 Å². The average molecular weight is 295 g/mol. The molecule has 0 unspecified atom stereocenters. The van der Waals surface area contributed by atoms with E-state index in [1.54, 1.807) is 0 Å². The molecule has 2 aliphatic rings. The van der Waals surface area contributed by atoms with Crippen molar-refractivity contribution < 1.29 is 9.26 Å². The van der Waals surface area contributed by atoms with Crippen molar-refractivity contribution in [2.24, 2.45) is 11.1 Å². The van der Waals surface area contributed by atoms with Gasteiger partial charge in [0, 0.05) is 5.92 Å². The van der Waals surface area contributed by atoms with E-state index in [9.17, 15) is 0 Å². The van der Waals surface area contributed by atoms with Crippen molar-refractivity contribution in [2.75, 3.05) is 0 Å². The molecule has 20 heavy (non-hydrogen) atoms. The van der Waals surface area contributed by atoms with Crippen molar-refractivity contribution in [1.82, 2.24) is 0 Å². The average Bonchev–Trinajstić information content (AvgIpc) is 2.87. The predicted octanol–water partition coefficient (Wildman–Crippen LogP) is 4.51. The number of fused-ring (bicyclic) bond motifs is 1. The van der Waals surface area contributed by atoms with Gasteiger partial charge in [0.25, 0.3) is 0 Å². The van der Waals surface area contributed by atoms with Gasteiger partial charge in [-0.05, 0) is 43.8 Å². The monoisotopic (exact) mass is 295 g/mol. The molecule has 1 aliphatic carbocycles. The molecule has 0 bridgehead atoms. The van der Waals surface area contributed by atoms with Gasteiger partial charge in [-0.25, -0.2) is 0 Å². The van der Waals surface area contributed by atoms with Crippen molar-refractivity contribution in [3.63, 3.8) is 0 Å². The summed E-state index contributed by atoms with van der Waals surface area (Å²) in [4.78, 5) is 5.61. The molecule has 1 saturated carbocycles. The van der Waals surface area contributed by atoms with Crippen LogP contribution in [0.5, 0.6) is 0 Å². The van der Waals surface area contributed by atoms with Crippen LogP contribution in [-0.4, -0.2) is 26.2 Å². The molecule has 3 nitrogen and oxygen atoms in total. The first kappa shape index (κ1) is 15.8. The zero-order valence-electron chi connectivity index (χ0n) is 13.6. The zero-order chi connectivity index (χ0) is 15.0. The van der Waals surface area contributed by atoms with E-state index in [2.05, 4.69) is 45.6 Å². The second-order valence-electron chi connectivity index (χ2n) is 7.59. The predicted molar refractivity (Wildman–Crippen MR) is 86.5 cm³/mol. The van der Waals surface area contributed by atoms with Crippen molar-refractivity contribution in [3.05, 3.63) is 12.7 Å². The molecule has 1 heterocycles. The highest BCUT2D eigenvalue weighted by atomic mass is 28.4. The first-order valence-electron chi connectivity index (χ1n) is 7.78. The number of hydrogen-bond acceptors (Lipinski definition) is 3. The molecule has 114 valence electrons. The summed E-state index contributed by atoms with van der Waals surface area (Å²) in [5, 5.41) is 4.58. The lowest BCUT2D eigenvalue weighted by atomic mass is 9.95. The molecule has 3 atom stereocenters. The Bertz CT molecular complexity index is 398. The molecule has 0 aromatic carbocycles. The molecule has 0 saturated heterocycles. The SMILES string of the molecule is C=CC[C@H](O[Si](C)(C)C(C)(C)C)C1=NO[C@H]2CCC[C@@H]12. The maximum Gasteiger partial charge on any atom is 0.192 e. The number of oxime groups is 1. The van der Waals surface area contributed by atoms with Crippen LogP contribution < -0.4 is 0 Å². The third-order valence-electron chi connectivity index (χ3n) is 5.08. The zero-order valence-corrected chi connectivity index (χ0v) is 14.6. The summed E-state index contributed by atoms with van der Waals surface area (Å²) in [6, 6.07) is 0. The molecule has 4 heteroatoms. The minimum Gasteiger partial charge on any atom is -0.408 e. The Morgan fingerprint density at radius 3 is 2.75 bits per heavy atom. The van der Waals surface area contributed by atoms with Gasteiger partial charge in [0.15, 0.2) is 8.32 Å². The highest BCUT2D eigenvalue weighted by Crippen LogP contribution is 2.40. The normalized spacial score (nSPS) is 27.8. The molecule has 1 fully saturated rings. The van der Waals surface area contributed by atoms with Crippen molar-refractivity contribution >= 4 is 14.0 Å². The molecule has 0 amide bonds. The summed E-state index contributed by atoms with van der Waals surface area (Å²) in [6.07, 6.45) is 6.72. The highest BCUT2D eigenvalue weighted by Gasteiger charge is 2.45. The van der Waals surface area contributed by atoms with Gasteiger partial charge in [-0.1, -0.05) is 32.0 Å². The van der Waals surface area contributed by atoms with E-state index >= 15 is 0 Å². The van der Waals surface area contributed by atoms with Crippen LogP contribution in [0.4, 0.5) is 0 Å². The van der Waals surface area contributed by atoms with Crippen LogP contribution in [0.3, 0.4) is 0 Å². The maximum absolute atomic E-state index is 6.59. The lowest BCUT2D eigenvalue weighted by Gasteiger charge is -2.39. The Kier molecular flexibility index (Phi) is 4.45. The van der Waals surface area contributed by atoms with Crippen LogP contribution in [0.2, 0.25) is 18.1 Å². The first-order chi connectivity index (χ1) is 9.26. The third-order valence-corrected chi connectivity index (χ3v) is 9.57. The third kappa shape index (κ3) is 3.01. The van der Waals surface area contributed by atoms with E-state index in [0.717, 1.165) is 18.6 Å². The molecular weight excluding hydrogens is 266 g/mol. The Morgan fingerprint density at radius 1 is 1.45 bits per heavy atom. The maximum atomic E-state index is 6.59. The van der Waals surface area contributed by atoms with Crippen molar-refractivity contribution in [2.45, 2.75) is 76.8 Å². The van der Waals surface area contributed by atoms with Crippen LogP contribution in [0, 0.1) is 5.92 Å². The van der Waals surface area contributed by atoms with Crippen LogP contribution in [0.25, 0.3) is 0 Å². The van der Waals surface area contributed by atoms with E-state index in [-0.39, 0.29) is 11.1 Å². The Hall–Kier alpha value is -0.613. The fourth-order valence-corrected chi connectivity index (χ4v) is 4.08. The summed E-state index contributed by atoms with van der Waals surface area (Å²) < 4.78 is 6.59. The molecular formula is C16H29NO2Si. The summed E-state index contributed by atoms with van der Waals surface area (Å²) in [5.41, 5.74) is 1.14. The molecule has 0 N–H and O–H groups in total. The van der Waals surface area contributed by atoms with E-state index in [1.165, 1.54) is 12.8 Å². The summed E-state index contributed by atoms with van der Waals surface area (Å²) in [5.74, 6) is 0.477. The Balaban J connectivity index is 2.14.